The van der Waals surface area contributed by atoms with Crippen LogP contribution in [0.15, 0.2) is 12.1 Å². The van der Waals surface area contributed by atoms with Gasteiger partial charge in [0.25, 0.3) is 0 Å². The van der Waals surface area contributed by atoms with Crippen LogP contribution < -0.4 is 10.0 Å². The fraction of sp³-hybridized carbons (Fsp3) is 0.412. The van der Waals surface area contributed by atoms with Gasteiger partial charge in [0.15, 0.2) is 11.5 Å². The molecule has 30 heavy (non-hydrogen) atoms. The highest BCUT2D eigenvalue weighted by molar-refractivity contribution is 7.92. The number of alkyl halides is 3. The van der Waals surface area contributed by atoms with Crippen molar-refractivity contribution in [1.29, 1.82) is 5.26 Å². The molecule has 162 valence electrons. The van der Waals surface area contributed by atoms with Crippen LogP contribution in [0.25, 0.3) is 5.69 Å². The lowest BCUT2D eigenvalue weighted by Crippen LogP contribution is -2.39. The van der Waals surface area contributed by atoms with E-state index >= 15 is 0 Å². The summed E-state index contributed by atoms with van der Waals surface area (Å²) in [6.45, 7) is 0. The first-order valence-corrected chi connectivity index (χ1v) is 11.3. The highest BCUT2D eigenvalue weighted by Crippen LogP contribution is 2.42. The molecule has 1 aliphatic carbocycles. The van der Waals surface area contributed by atoms with Crippen LogP contribution in [0.1, 0.15) is 36.9 Å². The molecule has 0 bridgehead atoms. The number of anilines is 2. The first-order chi connectivity index (χ1) is 13.9. The van der Waals surface area contributed by atoms with Crippen molar-refractivity contribution < 1.29 is 21.6 Å². The molecule has 2 aromatic rings. The number of nitrogens with two attached hydrogens (primary N) is 1. The molecule has 3 rings (SSSR count). The van der Waals surface area contributed by atoms with Gasteiger partial charge in [0, 0.05) is 6.04 Å². The molecule has 1 saturated carbocycles. The van der Waals surface area contributed by atoms with Gasteiger partial charge in [-0.15, -0.1) is 0 Å². The number of nitrogen functional groups attached to an aromatic ring is 1. The van der Waals surface area contributed by atoms with E-state index in [1.807, 2.05) is 0 Å². The molecule has 1 aromatic heterocycles. The summed E-state index contributed by atoms with van der Waals surface area (Å²) in [5.74, 6) is -0.271. The molecule has 0 amide bonds. The quantitative estimate of drug-likeness (QED) is 0.698. The lowest BCUT2D eigenvalue weighted by Gasteiger charge is -2.28. The summed E-state index contributed by atoms with van der Waals surface area (Å²) < 4.78 is 66.0. The van der Waals surface area contributed by atoms with Crippen LogP contribution in [0, 0.1) is 11.3 Å². The third-order valence-corrected chi connectivity index (χ3v) is 6.56. The molecule has 0 radical (unpaired) electrons. The number of nitrogens with zero attached hydrogens (tertiary/aromatic N) is 4. The van der Waals surface area contributed by atoms with E-state index in [4.69, 9.17) is 28.9 Å². The minimum atomic E-state index is -4.68. The number of sulfonamides is 1. The minimum Gasteiger partial charge on any atom is -0.382 e. The maximum atomic E-state index is 13.0. The first kappa shape index (κ1) is 22.5. The fourth-order valence-electron chi connectivity index (χ4n) is 3.58. The largest absolute Gasteiger partial charge is 0.416 e. The van der Waals surface area contributed by atoms with E-state index in [2.05, 4.69) is 5.10 Å². The van der Waals surface area contributed by atoms with Crippen molar-refractivity contribution >= 4 is 44.7 Å². The van der Waals surface area contributed by atoms with Gasteiger partial charge in [0.05, 0.1) is 21.9 Å². The molecule has 2 N–H and O–H groups in total. The average molecular weight is 482 g/mol. The number of aromatic nitrogens is 2. The number of halogens is 5. The Hall–Kier alpha value is -2.16. The van der Waals surface area contributed by atoms with Crippen LogP contribution in [-0.2, 0) is 16.2 Å². The topological polar surface area (TPSA) is 105 Å². The molecule has 1 fully saturated rings. The van der Waals surface area contributed by atoms with Gasteiger partial charge in [-0.1, -0.05) is 36.0 Å². The van der Waals surface area contributed by atoms with Gasteiger partial charge in [0.1, 0.15) is 17.4 Å². The zero-order chi connectivity index (χ0) is 22.4. The molecular weight excluding hydrogens is 466 g/mol. The third kappa shape index (κ3) is 4.04. The highest BCUT2D eigenvalue weighted by atomic mass is 35.5. The maximum Gasteiger partial charge on any atom is 0.416 e. The summed E-state index contributed by atoms with van der Waals surface area (Å²) in [5, 5.41) is 12.7. The molecule has 0 spiro atoms. The van der Waals surface area contributed by atoms with E-state index in [0.29, 0.717) is 25.0 Å². The van der Waals surface area contributed by atoms with E-state index in [0.717, 1.165) is 28.1 Å². The molecule has 7 nitrogen and oxygen atoms in total. The lowest BCUT2D eigenvalue weighted by atomic mass is 10.2. The second kappa shape index (κ2) is 7.83. The number of benzene rings is 1. The van der Waals surface area contributed by atoms with E-state index < -0.39 is 37.9 Å². The zero-order valence-corrected chi connectivity index (χ0v) is 17.9. The Morgan fingerprint density at radius 1 is 1.27 bits per heavy atom. The van der Waals surface area contributed by atoms with Crippen LogP contribution in [0.4, 0.5) is 24.7 Å². The molecule has 0 atom stereocenters. The van der Waals surface area contributed by atoms with E-state index in [1.165, 1.54) is 0 Å². The maximum absolute atomic E-state index is 13.0. The monoisotopic (exact) mass is 481 g/mol. The van der Waals surface area contributed by atoms with Crippen molar-refractivity contribution in [2.24, 2.45) is 0 Å². The molecule has 1 heterocycles. The predicted octanol–water partition coefficient (Wildman–Crippen LogP) is 4.36. The Morgan fingerprint density at radius 2 is 1.80 bits per heavy atom. The summed E-state index contributed by atoms with van der Waals surface area (Å²) >= 11 is 12.1. The van der Waals surface area contributed by atoms with Crippen LogP contribution in [0.5, 0.6) is 0 Å². The van der Waals surface area contributed by atoms with Crippen molar-refractivity contribution in [1.82, 2.24) is 9.78 Å². The summed E-state index contributed by atoms with van der Waals surface area (Å²) in [5.41, 5.74) is 4.43. The SMILES string of the molecule is CS(=O)(=O)N(c1c(C#N)nn(-c2c(Cl)cc(C(F)(F)F)cc2Cl)c1N)C1CCCC1. The van der Waals surface area contributed by atoms with Gasteiger partial charge in [-0.2, -0.15) is 23.5 Å². The van der Waals surface area contributed by atoms with Crippen LogP contribution in [0.2, 0.25) is 10.0 Å². The van der Waals surface area contributed by atoms with E-state index in [-0.39, 0.29) is 22.9 Å². The molecule has 13 heteroatoms. The molecule has 0 aliphatic heterocycles. The van der Waals surface area contributed by atoms with Crippen molar-refractivity contribution in [3.63, 3.8) is 0 Å². The Bertz CT molecular complexity index is 1110. The van der Waals surface area contributed by atoms with Gasteiger partial charge >= 0.3 is 6.18 Å². The molecule has 1 aromatic carbocycles. The smallest absolute Gasteiger partial charge is 0.382 e. The Morgan fingerprint density at radius 3 is 2.23 bits per heavy atom. The van der Waals surface area contributed by atoms with Gasteiger partial charge in [-0.25, -0.2) is 13.1 Å². The number of rotatable bonds is 4. The van der Waals surface area contributed by atoms with Crippen molar-refractivity contribution in [2.75, 3.05) is 16.3 Å². The first-order valence-electron chi connectivity index (χ1n) is 8.71. The summed E-state index contributed by atoms with van der Waals surface area (Å²) in [6, 6.07) is 2.69. The van der Waals surface area contributed by atoms with Crippen LogP contribution in [0.3, 0.4) is 0 Å². The van der Waals surface area contributed by atoms with Crippen molar-refractivity contribution in [3.8, 4) is 11.8 Å². The van der Waals surface area contributed by atoms with Crippen LogP contribution in [-0.4, -0.2) is 30.5 Å². The standard InChI is InChI=1S/C17H16Cl2F3N5O2S/c1-30(28,29)27(10-4-2-3-5-10)15-13(8-23)25-26(16(15)24)14-11(18)6-9(7-12(14)19)17(20,21)22/h6-7,10H,2-5,24H2,1H3. The van der Waals surface area contributed by atoms with E-state index in [1.54, 1.807) is 6.07 Å². The summed E-state index contributed by atoms with van der Waals surface area (Å²) in [6.07, 6.45) is -0.928. The summed E-state index contributed by atoms with van der Waals surface area (Å²) in [4.78, 5) is 0. The number of nitriles is 1. The summed E-state index contributed by atoms with van der Waals surface area (Å²) in [7, 11) is -3.84. The van der Waals surface area contributed by atoms with Gasteiger partial charge in [-0.05, 0) is 25.0 Å². The second-order valence-corrected chi connectivity index (χ2v) is 9.56. The molecule has 0 unspecified atom stereocenters. The number of hydrogen-bond donors (Lipinski definition) is 1. The average Bonchev–Trinajstić information content (AvgIpc) is 3.23. The molecular formula is C17H16Cl2F3N5O2S. The van der Waals surface area contributed by atoms with Crippen LogP contribution >= 0.6 is 23.2 Å². The molecule has 1 aliphatic rings. The Kier molecular flexibility index (Phi) is 5.88. The predicted molar refractivity (Wildman–Crippen MR) is 107 cm³/mol. The zero-order valence-electron chi connectivity index (χ0n) is 15.5. The van der Waals surface area contributed by atoms with Gasteiger partial charge in [0.2, 0.25) is 10.0 Å². The third-order valence-electron chi connectivity index (χ3n) is 4.79. The Balaban J connectivity index is 2.24. The van der Waals surface area contributed by atoms with Gasteiger partial charge in [-0.3, -0.25) is 4.31 Å². The van der Waals surface area contributed by atoms with E-state index in [9.17, 15) is 26.9 Å². The van der Waals surface area contributed by atoms with Crippen molar-refractivity contribution in [3.05, 3.63) is 33.4 Å². The lowest BCUT2D eigenvalue weighted by molar-refractivity contribution is -0.137. The minimum absolute atomic E-state index is 0.140. The second-order valence-electron chi connectivity index (χ2n) is 6.89. The molecule has 0 saturated heterocycles. The fourth-order valence-corrected chi connectivity index (χ4v) is 5.49. The number of hydrogen-bond acceptors (Lipinski definition) is 5. The Labute approximate surface area is 180 Å². The highest BCUT2D eigenvalue weighted by Gasteiger charge is 2.37. The van der Waals surface area contributed by atoms with Crippen molar-refractivity contribution in [2.45, 2.75) is 37.9 Å². The normalized spacial score (nSPS) is 15.4. The van der Waals surface area contributed by atoms with Gasteiger partial charge < -0.3 is 5.73 Å².